The van der Waals surface area contributed by atoms with E-state index < -0.39 is 133 Å². The van der Waals surface area contributed by atoms with E-state index in [0.29, 0.717) is 12.0 Å². The smallest absolute Gasteiger partial charge is 0.191 e. The number of halogens is 1. The van der Waals surface area contributed by atoms with E-state index in [-0.39, 0.29) is 25.0 Å². The summed E-state index contributed by atoms with van der Waals surface area (Å²) < 4.78 is 41.1. The second kappa shape index (κ2) is 13.3. The van der Waals surface area contributed by atoms with Gasteiger partial charge in [-0.05, 0) is 56.6 Å². The van der Waals surface area contributed by atoms with E-state index in [1.54, 1.807) is 20.8 Å². The fourth-order valence-electron chi connectivity index (χ4n) is 10.3. The van der Waals surface area contributed by atoms with Crippen molar-refractivity contribution in [1.29, 1.82) is 0 Å². The van der Waals surface area contributed by atoms with Crippen LogP contribution in [0, 0.1) is 28.6 Å². The third-order valence-corrected chi connectivity index (χ3v) is 13.0. The standard InChI is InChI=1S/C34H49FO15/c1-14-8-18-17-5-4-15-9-16(38)6-7-31(15,2)33(17,35)21(39)10-32(18,3)34(14,50-30-28(46)26(44)24(42)20(12-37)49-30)22(40)13-47-29-27(45)25(43)23(41)19(11-36)48-29/h6-7,9,14,17-21,23-30,36-37,39,41-46H,4-5,8,10-13H2,1-3H3/t14-,17+,18+,19-,20-,21+,23+,24+,25+,26+,27-,28-,29-,30+,31+,32+,33+,34+/m1/s1. The number of carbonyl (C=O) groups excluding carboxylic acids is 2. The molecule has 2 aliphatic heterocycles. The van der Waals surface area contributed by atoms with E-state index in [0.717, 1.165) is 0 Å². The van der Waals surface area contributed by atoms with Crippen LogP contribution in [0.1, 0.15) is 46.5 Å². The van der Waals surface area contributed by atoms with Gasteiger partial charge in [0.1, 0.15) is 61.0 Å². The van der Waals surface area contributed by atoms with Gasteiger partial charge < -0.3 is 64.9 Å². The Labute approximate surface area is 287 Å². The maximum Gasteiger partial charge on any atom is 0.191 e. The van der Waals surface area contributed by atoms with Crippen LogP contribution in [0.3, 0.4) is 0 Å². The molecule has 0 aromatic heterocycles. The number of rotatable bonds is 8. The first-order chi connectivity index (χ1) is 23.4. The SMILES string of the molecule is C[C@@H]1C[C@H]2[C@@H]3CCC4=CC(=O)C=C[C@]4(C)[C@@]3(F)[C@@H](O)C[C@]2(C)[C@@]1(O[C@@H]1O[C@H](CO)[C@H](O)[C@H](O)[C@H]1O)C(=O)CO[C@@H]1O[C@H](CO)[C@H](O)[C@H](O)[C@H]1O. The monoisotopic (exact) mass is 716 g/mol. The number of fused-ring (bicyclic) bond motifs is 5. The molecule has 9 N–H and O–H groups in total. The van der Waals surface area contributed by atoms with Gasteiger partial charge in [0.15, 0.2) is 29.8 Å². The summed E-state index contributed by atoms with van der Waals surface area (Å²) in [6, 6.07) is 0. The highest BCUT2D eigenvalue weighted by Crippen LogP contribution is 2.71. The van der Waals surface area contributed by atoms with Gasteiger partial charge in [-0.3, -0.25) is 9.59 Å². The lowest BCUT2D eigenvalue weighted by molar-refractivity contribution is -0.343. The molecule has 15 nitrogen and oxygen atoms in total. The third-order valence-electron chi connectivity index (χ3n) is 13.0. The Morgan fingerprint density at radius 3 is 2.08 bits per heavy atom. The molecule has 18 atom stereocenters. The zero-order valence-electron chi connectivity index (χ0n) is 28.1. The average molecular weight is 717 g/mol. The highest BCUT2D eigenvalue weighted by Gasteiger charge is 2.77. The molecule has 282 valence electrons. The molecular formula is C34H49FO15. The molecule has 2 heterocycles. The second-order valence-electron chi connectivity index (χ2n) is 15.4. The van der Waals surface area contributed by atoms with Crippen molar-refractivity contribution in [1.82, 2.24) is 0 Å². The molecule has 6 aliphatic rings. The van der Waals surface area contributed by atoms with E-state index in [4.69, 9.17) is 18.9 Å². The number of ketones is 2. The largest absolute Gasteiger partial charge is 0.394 e. The molecule has 0 amide bonds. The number of aliphatic hydroxyl groups excluding tert-OH is 9. The van der Waals surface area contributed by atoms with Crippen molar-refractivity contribution in [2.45, 2.75) is 125 Å². The molecule has 0 spiro atoms. The topological polar surface area (TPSA) is 253 Å². The van der Waals surface area contributed by atoms with Gasteiger partial charge in [-0.2, -0.15) is 0 Å². The first-order valence-electron chi connectivity index (χ1n) is 17.2. The lowest BCUT2D eigenvalue weighted by Gasteiger charge is -2.63. The minimum atomic E-state index is -2.26. The Kier molecular flexibility index (Phi) is 10.1. The molecule has 0 unspecified atom stereocenters. The zero-order chi connectivity index (χ0) is 36.7. The maximum atomic E-state index is 17.9. The van der Waals surface area contributed by atoms with E-state index in [2.05, 4.69) is 0 Å². The van der Waals surface area contributed by atoms with Crippen LogP contribution in [0.4, 0.5) is 4.39 Å². The van der Waals surface area contributed by atoms with Crippen molar-refractivity contribution in [3.05, 3.63) is 23.8 Å². The van der Waals surface area contributed by atoms with E-state index in [9.17, 15) is 55.5 Å². The molecule has 0 aromatic rings. The van der Waals surface area contributed by atoms with E-state index >= 15 is 4.39 Å². The van der Waals surface area contributed by atoms with Crippen molar-refractivity contribution in [3.8, 4) is 0 Å². The first-order valence-corrected chi connectivity index (χ1v) is 17.2. The molecule has 0 radical (unpaired) electrons. The molecule has 4 aliphatic carbocycles. The number of hydrogen-bond donors (Lipinski definition) is 9. The molecule has 2 saturated heterocycles. The second-order valence-corrected chi connectivity index (χ2v) is 15.4. The highest BCUT2D eigenvalue weighted by atomic mass is 19.1. The molecule has 0 aromatic carbocycles. The van der Waals surface area contributed by atoms with Gasteiger partial charge in [0, 0.05) is 16.7 Å². The normalized spacial score (nSPS) is 53.3. The summed E-state index contributed by atoms with van der Waals surface area (Å²) in [5.41, 5.74) is -6.49. The van der Waals surface area contributed by atoms with E-state index in [1.807, 2.05) is 0 Å². The molecule has 0 bridgehead atoms. The van der Waals surface area contributed by atoms with Crippen LogP contribution in [-0.2, 0) is 28.5 Å². The van der Waals surface area contributed by atoms with E-state index in [1.165, 1.54) is 18.2 Å². The van der Waals surface area contributed by atoms with Gasteiger partial charge >= 0.3 is 0 Å². The minimum absolute atomic E-state index is 0.181. The number of carbonyl (C=O) groups is 2. The lowest BCUT2D eigenvalue weighted by Crippen LogP contribution is -2.71. The quantitative estimate of drug-likeness (QED) is 0.126. The third kappa shape index (κ3) is 5.25. The average Bonchev–Trinajstić information content (AvgIpc) is 3.30. The Balaban J connectivity index is 1.39. The van der Waals surface area contributed by atoms with Crippen molar-refractivity contribution >= 4 is 11.6 Å². The minimum Gasteiger partial charge on any atom is -0.394 e. The van der Waals surface area contributed by atoms with Crippen molar-refractivity contribution < 1.29 is 78.9 Å². The molecule has 50 heavy (non-hydrogen) atoms. The first kappa shape index (κ1) is 38.0. The van der Waals surface area contributed by atoms with Crippen LogP contribution in [-0.4, -0.2) is 156 Å². The van der Waals surface area contributed by atoms with Gasteiger partial charge in [-0.15, -0.1) is 0 Å². The Morgan fingerprint density at radius 1 is 0.900 bits per heavy atom. The molecule has 3 saturated carbocycles. The van der Waals surface area contributed by atoms with Crippen molar-refractivity contribution in [3.63, 3.8) is 0 Å². The van der Waals surface area contributed by atoms with Gasteiger partial charge in [0.05, 0.1) is 19.3 Å². The van der Waals surface area contributed by atoms with Crippen molar-refractivity contribution in [2.75, 3.05) is 19.8 Å². The molecule has 6 rings (SSSR count). The maximum absolute atomic E-state index is 17.9. The fourth-order valence-corrected chi connectivity index (χ4v) is 10.3. The molecule has 16 heteroatoms. The predicted octanol–water partition coefficient (Wildman–Crippen LogP) is -2.46. The number of aliphatic hydroxyl groups is 9. The lowest BCUT2D eigenvalue weighted by atomic mass is 9.44. The van der Waals surface area contributed by atoms with Crippen LogP contribution in [0.15, 0.2) is 23.8 Å². The summed E-state index contributed by atoms with van der Waals surface area (Å²) in [5, 5.41) is 94.4. The summed E-state index contributed by atoms with van der Waals surface area (Å²) in [5.74, 6) is -3.37. The van der Waals surface area contributed by atoms with Crippen LogP contribution in [0.5, 0.6) is 0 Å². The van der Waals surface area contributed by atoms with Crippen LogP contribution in [0.25, 0.3) is 0 Å². The molecule has 5 fully saturated rings. The molecular weight excluding hydrogens is 667 g/mol. The highest BCUT2D eigenvalue weighted by molar-refractivity contribution is 6.01. The summed E-state index contributed by atoms with van der Waals surface area (Å²) in [6.07, 6.45) is -14.1. The summed E-state index contributed by atoms with van der Waals surface area (Å²) in [4.78, 5) is 27.0. The van der Waals surface area contributed by atoms with Gasteiger partial charge in [0.25, 0.3) is 0 Å². The van der Waals surface area contributed by atoms with Crippen LogP contribution >= 0.6 is 0 Å². The zero-order valence-corrected chi connectivity index (χ0v) is 28.1. The Morgan fingerprint density at radius 2 is 1.48 bits per heavy atom. The Bertz CT molecular complexity index is 1390. The summed E-state index contributed by atoms with van der Waals surface area (Å²) in [7, 11) is 0. The summed E-state index contributed by atoms with van der Waals surface area (Å²) in [6.45, 7) is 2.58. The van der Waals surface area contributed by atoms with Gasteiger partial charge in [0.2, 0.25) is 0 Å². The number of Topliss-reactive ketones (excluding diaryl/α,β-unsaturated/α-hetero) is 1. The van der Waals surface area contributed by atoms with Crippen LogP contribution < -0.4 is 0 Å². The van der Waals surface area contributed by atoms with Crippen LogP contribution in [0.2, 0.25) is 0 Å². The van der Waals surface area contributed by atoms with Gasteiger partial charge in [-0.25, -0.2) is 4.39 Å². The predicted molar refractivity (Wildman–Crippen MR) is 165 cm³/mol. The number of alkyl halides is 1. The Hall–Kier alpha value is -1.77. The number of allylic oxidation sites excluding steroid dienone is 4. The van der Waals surface area contributed by atoms with Crippen molar-refractivity contribution in [2.24, 2.45) is 28.6 Å². The summed E-state index contributed by atoms with van der Waals surface area (Å²) >= 11 is 0. The fraction of sp³-hybridized carbons (Fsp3) is 0.824. The van der Waals surface area contributed by atoms with Gasteiger partial charge in [-0.1, -0.05) is 25.5 Å². The number of ether oxygens (including phenoxy) is 4. The number of hydrogen-bond acceptors (Lipinski definition) is 15.